The number of rotatable bonds is 12. The van der Waals surface area contributed by atoms with E-state index in [0.29, 0.717) is 49.3 Å². The van der Waals surface area contributed by atoms with Crippen molar-refractivity contribution in [3.63, 3.8) is 0 Å². The smallest absolute Gasteiger partial charge is 0.799 e. The normalized spacial score (nSPS) is 17.4. The minimum Gasteiger partial charge on any atom is -0.799 e. The third kappa shape index (κ3) is 42.1. The van der Waals surface area contributed by atoms with Crippen LogP contribution in [0.2, 0.25) is 0 Å². The summed E-state index contributed by atoms with van der Waals surface area (Å²) in [5.74, 6) is 1.09. The van der Waals surface area contributed by atoms with E-state index in [9.17, 15) is 37.8 Å². The Morgan fingerprint density at radius 2 is 0.514 bits per heavy atom. The maximum absolute atomic E-state index is 10.8. The molecule has 0 rings (SSSR count). The van der Waals surface area contributed by atoms with Gasteiger partial charge in [0.1, 0.15) is 0 Å². The molecule has 37 heavy (non-hydrogen) atoms. The van der Waals surface area contributed by atoms with Crippen LogP contribution in [0.5, 0.6) is 0 Å². The third-order valence-electron chi connectivity index (χ3n) is 4.50. The first-order chi connectivity index (χ1) is 15.9. The molecular weight excluding hydrogens is 588 g/mol. The van der Waals surface area contributed by atoms with Crippen molar-refractivity contribution in [3.05, 3.63) is 0 Å². The van der Waals surface area contributed by atoms with Gasteiger partial charge >= 0.3 is 21.7 Å². The zero-order valence-corrected chi connectivity index (χ0v) is 30.7. The summed E-state index contributed by atoms with van der Waals surface area (Å²) in [6.45, 7) is 22.1. The molecule has 0 aliphatic carbocycles. The van der Waals surface area contributed by atoms with E-state index in [1.54, 1.807) is 27.7 Å². The Bertz CT molecular complexity index is 608. The Balaban J connectivity index is -0.000000122. The molecule has 4 atom stereocenters. The first-order valence-electron chi connectivity index (χ1n) is 13.1. The molecular formula is C24H56O8P4Ti. The molecule has 0 bridgehead atoms. The summed E-state index contributed by atoms with van der Waals surface area (Å²) in [5, 5.41) is 0. The average Bonchev–Trinajstić information content (AvgIpc) is 2.66. The fourth-order valence-corrected chi connectivity index (χ4v) is 8.23. The predicted octanol–water partition coefficient (Wildman–Crippen LogP) is 5.20. The standard InChI is InChI=1S/4C6H15O2P.Ti/c4*1-4-9(7,8)5-6(2)3;/h4*6H,4-5H2,1-3H3,(H,7,8);/q;;;;+4/p-4. The van der Waals surface area contributed by atoms with Gasteiger partial charge in [-0.25, -0.2) is 0 Å². The van der Waals surface area contributed by atoms with E-state index in [2.05, 4.69) is 0 Å². The van der Waals surface area contributed by atoms with Crippen LogP contribution in [0.4, 0.5) is 0 Å². The van der Waals surface area contributed by atoms with E-state index in [1.165, 1.54) is 0 Å². The topological polar surface area (TPSA) is 161 Å². The van der Waals surface area contributed by atoms with Crippen LogP contribution in [0.25, 0.3) is 0 Å². The fourth-order valence-electron chi connectivity index (χ4n) is 2.74. The summed E-state index contributed by atoms with van der Waals surface area (Å²) < 4.78 is 43.4. The van der Waals surface area contributed by atoms with Crippen LogP contribution in [0.1, 0.15) is 83.1 Å². The second-order valence-electron chi connectivity index (χ2n) is 10.8. The summed E-state index contributed by atoms with van der Waals surface area (Å²) in [6.07, 6.45) is 2.59. The van der Waals surface area contributed by atoms with Gasteiger partial charge in [0, 0.05) is 29.5 Å². The van der Waals surface area contributed by atoms with Crippen LogP contribution >= 0.6 is 29.5 Å². The Morgan fingerprint density at radius 3 is 0.541 bits per heavy atom. The molecule has 0 saturated heterocycles. The van der Waals surface area contributed by atoms with Gasteiger partial charge in [-0.2, -0.15) is 0 Å². The van der Waals surface area contributed by atoms with Gasteiger partial charge in [-0.05, 0) is 73.0 Å². The van der Waals surface area contributed by atoms with Gasteiger partial charge in [-0.3, -0.25) is 0 Å². The molecule has 224 valence electrons. The van der Waals surface area contributed by atoms with Crippen LogP contribution in [0, 0.1) is 23.7 Å². The summed E-state index contributed by atoms with van der Waals surface area (Å²) in [7, 11) is -11.9. The zero-order valence-electron chi connectivity index (χ0n) is 25.5. The molecule has 0 aliphatic heterocycles. The van der Waals surface area contributed by atoms with E-state index in [4.69, 9.17) is 0 Å². The Morgan fingerprint density at radius 1 is 0.405 bits per heavy atom. The molecule has 0 saturated carbocycles. The maximum Gasteiger partial charge on any atom is 4.00 e. The second-order valence-corrected chi connectivity index (χ2v) is 21.3. The molecule has 0 amide bonds. The molecule has 13 heteroatoms. The Kier molecular flexibility index (Phi) is 31.4. The van der Waals surface area contributed by atoms with Crippen LogP contribution < -0.4 is 19.6 Å². The molecule has 0 radical (unpaired) electrons. The van der Waals surface area contributed by atoms with Crippen molar-refractivity contribution in [1.29, 1.82) is 0 Å². The fraction of sp³-hybridized carbons (Fsp3) is 1.00. The van der Waals surface area contributed by atoms with Gasteiger partial charge in [0.25, 0.3) is 0 Å². The molecule has 0 fully saturated rings. The van der Waals surface area contributed by atoms with Crippen molar-refractivity contribution in [2.24, 2.45) is 23.7 Å². The van der Waals surface area contributed by atoms with Crippen molar-refractivity contribution in [2.45, 2.75) is 83.1 Å². The Labute approximate surface area is 244 Å². The average molecular weight is 644 g/mol. The second kappa shape index (κ2) is 24.1. The van der Waals surface area contributed by atoms with Gasteiger partial charge in [0.05, 0.1) is 0 Å². The molecule has 0 aromatic rings. The quantitative estimate of drug-likeness (QED) is 0.207. The SMILES string of the molecule is CCP(=O)([O-])CC(C)C.CCP(=O)([O-])CC(C)C.CCP(=O)([O-])CC(C)C.CCP(=O)([O-])CC(C)C.[Ti+4]. The predicted molar refractivity (Wildman–Crippen MR) is 151 cm³/mol. The van der Waals surface area contributed by atoms with E-state index in [0.717, 1.165) is 0 Å². The largest absolute Gasteiger partial charge is 4.00 e. The van der Waals surface area contributed by atoms with Gasteiger partial charge in [-0.1, -0.05) is 83.1 Å². The van der Waals surface area contributed by atoms with Gasteiger partial charge < -0.3 is 37.8 Å². The first kappa shape index (κ1) is 48.2. The monoisotopic (exact) mass is 644 g/mol. The van der Waals surface area contributed by atoms with Gasteiger partial charge in [0.15, 0.2) is 0 Å². The summed E-state index contributed by atoms with van der Waals surface area (Å²) in [4.78, 5) is 43.4. The van der Waals surface area contributed by atoms with Crippen molar-refractivity contribution in [3.8, 4) is 0 Å². The van der Waals surface area contributed by atoms with Crippen LogP contribution in [-0.4, -0.2) is 49.3 Å². The van der Waals surface area contributed by atoms with Gasteiger partial charge in [-0.15, -0.1) is 0 Å². The number of hydrogen-bond acceptors (Lipinski definition) is 8. The van der Waals surface area contributed by atoms with E-state index in [-0.39, 0.29) is 45.4 Å². The van der Waals surface area contributed by atoms with Crippen LogP contribution in [-0.2, 0) is 40.0 Å². The molecule has 0 aromatic heterocycles. The van der Waals surface area contributed by atoms with Crippen molar-refractivity contribution in [1.82, 2.24) is 0 Å². The van der Waals surface area contributed by atoms with E-state index >= 15 is 0 Å². The molecule has 8 nitrogen and oxygen atoms in total. The Hall–Kier alpha value is 1.47. The molecule has 4 unspecified atom stereocenters. The first-order valence-corrected chi connectivity index (χ1v) is 21.1. The van der Waals surface area contributed by atoms with Crippen molar-refractivity contribution >= 4 is 29.5 Å². The summed E-state index contributed by atoms with van der Waals surface area (Å²) in [5.41, 5.74) is 0. The van der Waals surface area contributed by atoms with Gasteiger partial charge in [0.2, 0.25) is 0 Å². The van der Waals surface area contributed by atoms with E-state index < -0.39 is 29.5 Å². The van der Waals surface area contributed by atoms with Crippen molar-refractivity contribution < 1.29 is 59.6 Å². The van der Waals surface area contributed by atoms with Crippen LogP contribution in [0.15, 0.2) is 0 Å². The number of hydrogen-bond donors (Lipinski definition) is 0. The minimum absolute atomic E-state index is 0. The molecule has 0 aliphatic rings. The summed E-state index contributed by atoms with van der Waals surface area (Å²) in [6, 6.07) is 0. The van der Waals surface area contributed by atoms with Crippen LogP contribution in [0.3, 0.4) is 0 Å². The molecule has 0 N–H and O–H groups in total. The molecule has 0 spiro atoms. The molecule has 0 heterocycles. The van der Waals surface area contributed by atoms with E-state index in [1.807, 2.05) is 55.4 Å². The summed E-state index contributed by atoms with van der Waals surface area (Å²) >= 11 is 0. The maximum atomic E-state index is 10.8. The van der Waals surface area contributed by atoms with Crippen molar-refractivity contribution in [2.75, 3.05) is 49.3 Å². The molecule has 0 aromatic carbocycles. The third-order valence-corrected chi connectivity index (χ3v) is 13.5. The minimum atomic E-state index is -2.98. The zero-order chi connectivity index (χ0) is 30.0.